The van der Waals surface area contributed by atoms with Gasteiger partial charge < -0.3 is 5.32 Å². The van der Waals surface area contributed by atoms with Gasteiger partial charge >= 0.3 is 0 Å². The first-order valence-electron chi connectivity index (χ1n) is 5.66. The molecule has 5 heteroatoms. The van der Waals surface area contributed by atoms with E-state index in [4.69, 9.17) is 0 Å². The molecule has 1 heterocycles. The van der Waals surface area contributed by atoms with Crippen LogP contribution in [0, 0.1) is 11.6 Å². The van der Waals surface area contributed by atoms with Crippen LogP contribution in [0.25, 0.3) is 0 Å². The molecular weight excluding hydrogens is 290 g/mol. The highest BCUT2D eigenvalue weighted by Gasteiger charge is 2.20. The molecule has 0 aromatic heterocycles. The smallest absolute Gasteiger partial charge is 0.144 e. The molecule has 0 bridgehead atoms. The van der Waals surface area contributed by atoms with E-state index in [9.17, 15) is 8.78 Å². The predicted octanol–water partition coefficient (Wildman–Crippen LogP) is 2.52. The molecule has 0 spiro atoms. The van der Waals surface area contributed by atoms with Gasteiger partial charge in [0.05, 0.1) is 4.47 Å². The number of nitrogens with one attached hydrogen (secondary N) is 1. The molecular formula is C12H15BrF2N2. The Morgan fingerprint density at radius 2 is 2.24 bits per heavy atom. The average molecular weight is 305 g/mol. The van der Waals surface area contributed by atoms with Crippen molar-refractivity contribution in [2.24, 2.45) is 0 Å². The number of nitrogens with zero attached hydrogens (tertiary/aromatic N) is 1. The minimum Gasteiger partial charge on any atom is -0.312 e. The van der Waals surface area contributed by atoms with E-state index in [1.54, 1.807) is 0 Å². The molecule has 1 aliphatic heterocycles. The summed E-state index contributed by atoms with van der Waals surface area (Å²) in [5, 5.41) is 3.30. The van der Waals surface area contributed by atoms with Crippen molar-refractivity contribution in [2.45, 2.75) is 19.5 Å². The van der Waals surface area contributed by atoms with Crippen molar-refractivity contribution in [2.75, 3.05) is 19.6 Å². The van der Waals surface area contributed by atoms with Crippen molar-refractivity contribution in [1.82, 2.24) is 10.2 Å². The van der Waals surface area contributed by atoms with Crippen LogP contribution in [0.2, 0.25) is 0 Å². The molecule has 17 heavy (non-hydrogen) atoms. The standard InChI is InChI=1S/C12H15BrF2N2/c1-8-6-17(5-4-16-8)7-9-11(14)3-2-10(13)12(9)15/h2-3,8,16H,4-7H2,1H3/t8-/m0/s1. The molecule has 0 saturated carbocycles. The van der Waals surface area contributed by atoms with Crippen LogP contribution in [0.5, 0.6) is 0 Å². The quantitative estimate of drug-likeness (QED) is 0.845. The van der Waals surface area contributed by atoms with Gasteiger partial charge in [-0.2, -0.15) is 0 Å². The van der Waals surface area contributed by atoms with Crippen LogP contribution < -0.4 is 5.32 Å². The Kier molecular flexibility index (Phi) is 4.12. The number of hydrogen-bond donors (Lipinski definition) is 1. The highest BCUT2D eigenvalue weighted by Crippen LogP contribution is 2.23. The summed E-state index contributed by atoms with van der Waals surface area (Å²) in [5.41, 5.74) is 0.147. The lowest BCUT2D eigenvalue weighted by Gasteiger charge is -2.32. The van der Waals surface area contributed by atoms with Gasteiger partial charge in [-0.05, 0) is 35.0 Å². The van der Waals surface area contributed by atoms with Gasteiger partial charge in [-0.25, -0.2) is 8.78 Å². The van der Waals surface area contributed by atoms with Crippen molar-refractivity contribution in [3.63, 3.8) is 0 Å². The number of hydrogen-bond acceptors (Lipinski definition) is 2. The molecule has 0 unspecified atom stereocenters. The van der Waals surface area contributed by atoms with Crippen LogP contribution in [-0.4, -0.2) is 30.6 Å². The minimum atomic E-state index is -0.490. The largest absolute Gasteiger partial charge is 0.312 e. The number of halogens is 3. The Morgan fingerprint density at radius 3 is 2.94 bits per heavy atom. The SMILES string of the molecule is C[C@H]1CN(Cc2c(F)ccc(Br)c2F)CCN1. The maximum Gasteiger partial charge on any atom is 0.144 e. The second-order valence-corrected chi connectivity index (χ2v) is 5.27. The first-order valence-corrected chi connectivity index (χ1v) is 6.45. The van der Waals surface area contributed by atoms with Crippen molar-refractivity contribution in [3.8, 4) is 0 Å². The molecule has 2 nitrogen and oxygen atoms in total. The fourth-order valence-electron chi connectivity index (χ4n) is 2.09. The van der Waals surface area contributed by atoms with E-state index in [0.717, 1.165) is 19.6 Å². The third-order valence-electron chi connectivity index (χ3n) is 2.97. The van der Waals surface area contributed by atoms with Gasteiger partial charge in [-0.15, -0.1) is 0 Å². The van der Waals surface area contributed by atoms with Crippen molar-refractivity contribution in [3.05, 3.63) is 33.8 Å². The average Bonchev–Trinajstić information content (AvgIpc) is 2.30. The summed E-state index contributed by atoms with van der Waals surface area (Å²) in [5.74, 6) is -0.965. The van der Waals surface area contributed by atoms with Crippen molar-refractivity contribution in [1.29, 1.82) is 0 Å². The first kappa shape index (κ1) is 12.9. The van der Waals surface area contributed by atoms with Gasteiger partial charge in [0.15, 0.2) is 0 Å². The van der Waals surface area contributed by atoms with E-state index >= 15 is 0 Å². The normalized spacial score (nSPS) is 21.8. The molecule has 2 rings (SSSR count). The lowest BCUT2D eigenvalue weighted by molar-refractivity contribution is 0.195. The zero-order valence-electron chi connectivity index (χ0n) is 9.64. The van der Waals surface area contributed by atoms with Crippen LogP contribution in [-0.2, 0) is 6.54 Å². The second-order valence-electron chi connectivity index (χ2n) is 4.41. The number of benzene rings is 1. The fraction of sp³-hybridized carbons (Fsp3) is 0.500. The number of piperazine rings is 1. The lowest BCUT2D eigenvalue weighted by atomic mass is 10.1. The lowest BCUT2D eigenvalue weighted by Crippen LogP contribution is -2.48. The summed E-state index contributed by atoms with van der Waals surface area (Å²) in [4.78, 5) is 2.06. The molecule has 1 aromatic rings. The molecule has 1 aliphatic rings. The topological polar surface area (TPSA) is 15.3 Å². The molecule has 1 N–H and O–H groups in total. The molecule has 1 atom stereocenters. The fourth-order valence-corrected chi connectivity index (χ4v) is 2.46. The highest BCUT2D eigenvalue weighted by molar-refractivity contribution is 9.10. The molecule has 1 aromatic carbocycles. The summed E-state index contributed by atoms with van der Waals surface area (Å²) in [6, 6.07) is 3.06. The van der Waals surface area contributed by atoms with E-state index in [0.29, 0.717) is 17.1 Å². The highest BCUT2D eigenvalue weighted by atomic mass is 79.9. The summed E-state index contributed by atoms with van der Waals surface area (Å²) in [6.45, 7) is 4.88. The second kappa shape index (κ2) is 5.42. The van der Waals surface area contributed by atoms with E-state index in [2.05, 4.69) is 33.1 Å². The van der Waals surface area contributed by atoms with Gasteiger partial charge in [-0.3, -0.25) is 4.90 Å². The van der Waals surface area contributed by atoms with Crippen molar-refractivity contribution >= 4 is 15.9 Å². The Labute approximate surface area is 108 Å². The minimum absolute atomic E-state index is 0.147. The summed E-state index contributed by atoms with van der Waals surface area (Å²) >= 11 is 3.08. The maximum atomic E-state index is 13.8. The zero-order valence-corrected chi connectivity index (χ0v) is 11.2. The molecule has 1 fully saturated rings. The predicted molar refractivity (Wildman–Crippen MR) is 66.8 cm³/mol. The van der Waals surface area contributed by atoms with Crippen LogP contribution in [0.1, 0.15) is 12.5 Å². The van der Waals surface area contributed by atoms with Crippen LogP contribution in [0.15, 0.2) is 16.6 Å². The van der Waals surface area contributed by atoms with E-state index in [1.807, 2.05) is 0 Å². The van der Waals surface area contributed by atoms with Gasteiger partial charge in [0.2, 0.25) is 0 Å². The van der Waals surface area contributed by atoms with E-state index in [1.165, 1.54) is 12.1 Å². The van der Waals surface area contributed by atoms with Gasteiger partial charge in [0.1, 0.15) is 11.6 Å². The van der Waals surface area contributed by atoms with Gasteiger partial charge in [-0.1, -0.05) is 0 Å². The Balaban J connectivity index is 2.15. The van der Waals surface area contributed by atoms with Crippen LogP contribution in [0.4, 0.5) is 8.78 Å². The molecule has 0 radical (unpaired) electrons. The number of rotatable bonds is 2. The van der Waals surface area contributed by atoms with Gasteiger partial charge in [0.25, 0.3) is 0 Å². The summed E-state index contributed by atoms with van der Waals surface area (Å²) < 4.78 is 27.7. The Bertz CT molecular complexity index is 412. The maximum absolute atomic E-state index is 13.8. The summed E-state index contributed by atoms with van der Waals surface area (Å²) in [6.07, 6.45) is 0. The molecule has 0 aliphatic carbocycles. The van der Waals surface area contributed by atoms with Crippen LogP contribution in [0.3, 0.4) is 0 Å². The van der Waals surface area contributed by atoms with Crippen LogP contribution >= 0.6 is 15.9 Å². The van der Waals surface area contributed by atoms with Gasteiger partial charge in [0, 0.05) is 37.8 Å². The molecule has 0 amide bonds. The third kappa shape index (κ3) is 3.03. The molecule has 1 saturated heterocycles. The van der Waals surface area contributed by atoms with E-state index < -0.39 is 11.6 Å². The monoisotopic (exact) mass is 304 g/mol. The Hall–Kier alpha value is -0.520. The molecule has 94 valence electrons. The van der Waals surface area contributed by atoms with E-state index in [-0.39, 0.29) is 5.56 Å². The first-order chi connectivity index (χ1) is 8.08. The van der Waals surface area contributed by atoms with Crippen molar-refractivity contribution < 1.29 is 8.78 Å². The summed E-state index contributed by atoms with van der Waals surface area (Å²) in [7, 11) is 0. The third-order valence-corrected chi connectivity index (χ3v) is 3.59. The Morgan fingerprint density at radius 1 is 1.47 bits per heavy atom. The zero-order chi connectivity index (χ0) is 12.4.